The van der Waals surface area contributed by atoms with Crippen LogP contribution in [0.15, 0.2) is 41.4 Å². The standard InChI is InChI=1S/C19H18FN3S/c20-15-5-4-12-10-16-18(23-17(12)11-15)13(3-1-2-7-21)9-14-6-8-22-24-19(14)16/h4-6,8-11,22H,1-3,7,21H2. The Morgan fingerprint density at radius 3 is 2.96 bits per heavy atom. The molecule has 2 heterocycles. The van der Waals surface area contributed by atoms with E-state index in [-0.39, 0.29) is 5.82 Å². The van der Waals surface area contributed by atoms with Gasteiger partial charge in [-0.3, -0.25) is 0 Å². The van der Waals surface area contributed by atoms with Gasteiger partial charge in [0.1, 0.15) is 5.82 Å². The van der Waals surface area contributed by atoms with Crippen LogP contribution >= 0.6 is 11.9 Å². The SMILES string of the molecule is NCCCCc1cc2c(c3cc4ccc(F)cc4nc13)SNC=C2. The third kappa shape index (κ3) is 2.74. The van der Waals surface area contributed by atoms with E-state index in [1.807, 2.05) is 6.20 Å². The van der Waals surface area contributed by atoms with Crippen molar-refractivity contribution in [3.05, 3.63) is 53.5 Å². The topological polar surface area (TPSA) is 50.9 Å². The van der Waals surface area contributed by atoms with Gasteiger partial charge in [0, 0.05) is 27.9 Å². The number of unbranched alkanes of at least 4 members (excludes halogenated alkanes) is 1. The van der Waals surface area contributed by atoms with E-state index in [0.717, 1.165) is 35.6 Å². The van der Waals surface area contributed by atoms with E-state index in [9.17, 15) is 4.39 Å². The van der Waals surface area contributed by atoms with Crippen molar-refractivity contribution in [1.29, 1.82) is 0 Å². The summed E-state index contributed by atoms with van der Waals surface area (Å²) in [5, 5.41) is 2.08. The minimum Gasteiger partial charge on any atom is -0.332 e. The summed E-state index contributed by atoms with van der Waals surface area (Å²) >= 11 is 1.60. The Kier molecular flexibility index (Phi) is 4.12. The van der Waals surface area contributed by atoms with E-state index in [0.29, 0.717) is 12.1 Å². The van der Waals surface area contributed by atoms with Gasteiger partial charge in [-0.25, -0.2) is 9.37 Å². The second-order valence-corrected chi connectivity index (χ2v) is 6.82. The van der Waals surface area contributed by atoms with Crippen molar-refractivity contribution >= 4 is 39.8 Å². The molecule has 0 fully saturated rings. The van der Waals surface area contributed by atoms with Crippen LogP contribution < -0.4 is 10.5 Å². The zero-order chi connectivity index (χ0) is 16.5. The van der Waals surface area contributed by atoms with Gasteiger partial charge in [-0.15, -0.1) is 0 Å². The molecule has 5 heteroatoms. The van der Waals surface area contributed by atoms with Crippen LogP contribution in [0, 0.1) is 5.82 Å². The molecule has 0 radical (unpaired) electrons. The van der Waals surface area contributed by atoms with E-state index >= 15 is 0 Å². The maximum absolute atomic E-state index is 13.6. The van der Waals surface area contributed by atoms with Gasteiger partial charge < -0.3 is 10.5 Å². The number of nitrogens with one attached hydrogen (secondary N) is 1. The smallest absolute Gasteiger partial charge is 0.125 e. The molecule has 0 spiro atoms. The number of fused-ring (bicyclic) bond motifs is 4. The van der Waals surface area contributed by atoms with Crippen LogP contribution in [0.2, 0.25) is 0 Å². The Morgan fingerprint density at radius 1 is 1.17 bits per heavy atom. The summed E-state index contributed by atoms with van der Waals surface area (Å²) in [6.45, 7) is 0.699. The Labute approximate surface area is 144 Å². The highest BCUT2D eigenvalue weighted by Gasteiger charge is 2.15. The monoisotopic (exact) mass is 339 g/mol. The lowest BCUT2D eigenvalue weighted by atomic mass is 9.99. The van der Waals surface area contributed by atoms with Crippen molar-refractivity contribution in [1.82, 2.24) is 9.71 Å². The van der Waals surface area contributed by atoms with Gasteiger partial charge in [0.25, 0.3) is 0 Å². The Bertz CT molecular complexity index is 952. The fraction of sp³-hybridized carbons (Fsp3) is 0.211. The van der Waals surface area contributed by atoms with Crippen LogP contribution in [0.1, 0.15) is 24.0 Å². The third-order valence-corrected chi connectivity index (χ3v) is 5.23. The molecule has 0 saturated carbocycles. The Balaban J connectivity index is 1.97. The summed E-state index contributed by atoms with van der Waals surface area (Å²) in [7, 11) is 0. The molecule has 3 nitrogen and oxygen atoms in total. The fourth-order valence-corrected chi connectivity index (χ4v) is 3.90. The van der Waals surface area contributed by atoms with Gasteiger partial charge in [-0.2, -0.15) is 0 Å². The lowest BCUT2D eigenvalue weighted by molar-refractivity contribution is 0.629. The lowest BCUT2D eigenvalue weighted by Crippen LogP contribution is -2.03. The molecule has 0 unspecified atom stereocenters. The number of hydrogen-bond donors (Lipinski definition) is 2. The average molecular weight is 339 g/mol. The first kappa shape index (κ1) is 15.4. The quantitative estimate of drug-likeness (QED) is 0.420. The van der Waals surface area contributed by atoms with Crippen molar-refractivity contribution in [2.24, 2.45) is 5.73 Å². The van der Waals surface area contributed by atoms with Crippen molar-refractivity contribution in [2.45, 2.75) is 24.2 Å². The average Bonchev–Trinajstić information content (AvgIpc) is 2.60. The minimum absolute atomic E-state index is 0.254. The normalized spacial score (nSPS) is 13.2. The van der Waals surface area contributed by atoms with Gasteiger partial charge in [0.2, 0.25) is 0 Å². The minimum atomic E-state index is -0.254. The maximum atomic E-state index is 13.6. The number of rotatable bonds is 4. The van der Waals surface area contributed by atoms with Crippen molar-refractivity contribution in [3.63, 3.8) is 0 Å². The second-order valence-electron chi connectivity index (χ2n) is 5.97. The summed E-state index contributed by atoms with van der Waals surface area (Å²) in [5.41, 5.74) is 9.70. The molecule has 0 aliphatic carbocycles. The highest BCUT2D eigenvalue weighted by atomic mass is 32.2. The van der Waals surface area contributed by atoms with Crippen LogP contribution in [0.4, 0.5) is 4.39 Å². The number of pyridine rings is 1. The molecule has 1 aromatic heterocycles. The highest BCUT2D eigenvalue weighted by Crippen LogP contribution is 2.36. The molecule has 2 aromatic carbocycles. The zero-order valence-electron chi connectivity index (χ0n) is 13.2. The predicted molar refractivity (Wildman–Crippen MR) is 99.2 cm³/mol. The lowest BCUT2D eigenvalue weighted by Gasteiger charge is -2.17. The van der Waals surface area contributed by atoms with E-state index in [4.69, 9.17) is 10.7 Å². The molecule has 24 heavy (non-hydrogen) atoms. The first-order valence-corrected chi connectivity index (χ1v) is 8.93. The summed E-state index contributed by atoms with van der Waals surface area (Å²) < 4.78 is 16.8. The molecular formula is C19H18FN3S. The van der Waals surface area contributed by atoms with Crippen LogP contribution in [0.25, 0.3) is 27.9 Å². The number of nitrogens with zero attached hydrogens (tertiary/aromatic N) is 1. The molecule has 0 atom stereocenters. The molecular weight excluding hydrogens is 321 g/mol. The molecule has 122 valence electrons. The maximum Gasteiger partial charge on any atom is 0.125 e. The zero-order valence-corrected chi connectivity index (χ0v) is 14.0. The Hall–Kier alpha value is -2.11. The van der Waals surface area contributed by atoms with Crippen molar-refractivity contribution in [3.8, 4) is 0 Å². The molecule has 4 rings (SSSR count). The summed E-state index contributed by atoms with van der Waals surface area (Å²) in [5.74, 6) is -0.254. The van der Waals surface area contributed by atoms with Gasteiger partial charge >= 0.3 is 0 Å². The van der Waals surface area contributed by atoms with Crippen LogP contribution in [-0.4, -0.2) is 11.5 Å². The molecule has 0 bridgehead atoms. The Morgan fingerprint density at radius 2 is 2.08 bits per heavy atom. The number of aryl methyl sites for hydroxylation is 1. The van der Waals surface area contributed by atoms with E-state index in [2.05, 4.69) is 22.9 Å². The van der Waals surface area contributed by atoms with E-state index < -0.39 is 0 Å². The molecule has 1 aliphatic heterocycles. The van der Waals surface area contributed by atoms with Crippen LogP contribution in [0.3, 0.4) is 0 Å². The highest BCUT2D eigenvalue weighted by molar-refractivity contribution is 7.97. The number of hydrogen-bond acceptors (Lipinski definition) is 4. The van der Waals surface area contributed by atoms with Gasteiger partial charge in [-0.1, -0.05) is 0 Å². The van der Waals surface area contributed by atoms with Gasteiger partial charge in [0.15, 0.2) is 0 Å². The van der Waals surface area contributed by atoms with Gasteiger partial charge in [-0.05, 0) is 79.2 Å². The molecule has 3 N–H and O–H groups in total. The van der Waals surface area contributed by atoms with E-state index in [1.165, 1.54) is 28.2 Å². The summed E-state index contributed by atoms with van der Waals surface area (Å²) in [6.07, 6.45) is 6.99. The van der Waals surface area contributed by atoms with Crippen LogP contribution in [-0.2, 0) is 6.42 Å². The van der Waals surface area contributed by atoms with Crippen LogP contribution in [0.5, 0.6) is 0 Å². The number of aromatic nitrogens is 1. The number of nitrogens with two attached hydrogens (primary N) is 1. The van der Waals surface area contributed by atoms with E-state index in [1.54, 1.807) is 18.0 Å². The molecule has 0 amide bonds. The molecule has 1 aliphatic rings. The summed E-state index contributed by atoms with van der Waals surface area (Å²) in [4.78, 5) is 5.96. The fourth-order valence-electron chi connectivity index (χ4n) is 3.14. The first-order chi connectivity index (χ1) is 11.8. The largest absolute Gasteiger partial charge is 0.332 e. The second kappa shape index (κ2) is 6.42. The predicted octanol–water partition coefficient (Wildman–Crippen LogP) is 4.39. The van der Waals surface area contributed by atoms with Crippen molar-refractivity contribution < 1.29 is 4.39 Å². The molecule has 0 saturated heterocycles. The molecule has 3 aromatic rings. The van der Waals surface area contributed by atoms with Gasteiger partial charge in [0.05, 0.1) is 11.0 Å². The van der Waals surface area contributed by atoms with Crippen molar-refractivity contribution in [2.75, 3.05) is 6.54 Å². The number of halogens is 1. The number of benzene rings is 2. The third-order valence-electron chi connectivity index (χ3n) is 4.31. The first-order valence-electron chi connectivity index (χ1n) is 8.11. The summed E-state index contributed by atoms with van der Waals surface area (Å²) in [6, 6.07) is 9.11.